The van der Waals surface area contributed by atoms with Crippen molar-refractivity contribution in [3.63, 3.8) is 0 Å². The predicted molar refractivity (Wildman–Crippen MR) is 89.3 cm³/mol. The lowest BCUT2D eigenvalue weighted by Gasteiger charge is -2.09. The molecule has 0 aliphatic carbocycles. The summed E-state index contributed by atoms with van der Waals surface area (Å²) < 4.78 is 5.94. The Morgan fingerprint density at radius 2 is 1.57 bits per heavy atom. The van der Waals surface area contributed by atoms with E-state index in [1.54, 1.807) is 12.4 Å². The van der Waals surface area contributed by atoms with Gasteiger partial charge in [0.25, 0.3) is 0 Å². The van der Waals surface area contributed by atoms with E-state index in [0.29, 0.717) is 17.5 Å². The monoisotopic (exact) mass is 299 g/mol. The van der Waals surface area contributed by atoms with Crippen molar-refractivity contribution in [3.8, 4) is 23.0 Å². The van der Waals surface area contributed by atoms with Gasteiger partial charge in [-0.3, -0.25) is 4.98 Å². The predicted octanol–water partition coefficient (Wildman–Crippen LogP) is 4.48. The molecule has 0 unspecified atom stereocenters. The molecule has 0 aliphatic heterocycles. The third-order valence-corrected chi connectivity index (χ3v) is 3.45. The van der Waals surface area contributed by atoms with Crippen LogP contribution >= 0.6 is 0 Å². The second-order valence-corrected chi connectivity index (χ2v) is 5.03. The number of aromatic nitrogens is 3. The Labute approximate surface area is 133 Å². The van der Waals surface area contributed by atoms with Crippen molar-refractivity contribution in [1.82, 2.24) is 15.0 Å². The van der Waals surface area contributed by atoms with E-state index in [4.69, 9.17) is 4.74 Å². The maximum absolute atomic E-state index is 5.94. The lowest BCUT2D eigenvalue weighted by Crippen LogP contribution is -1.96. The minimum Gasteiger partial charge on any atom is -0.437 e. The van der Waals surface area contributed by atoms with E-state index in [2.05, 4.69) is 15.0 Å². The Balaban J connectivity index is 1.87. The first-order chi connectivity index (χ1) is 11.4. The Morgan fingerprint density at radius 1 is 0.739 bits per heavy atom. The maximum Gasteiger partial charge on any atom is 0.230 e. The van der Waals surface area contributed by atoms with Crippen LogP contribution in [0.15, 0.2) is 79.1 Å². The Bertz CT molecular complexity index is 940. The Morgan fingerprint density at radius 3 is 2.39 bits per heavy atom. The van der Waals surface area contributed by atoms with Crippen LogP contribution in [0.5, 0.6) is 11.6 Å². The summed E-state index contributed by atoms with van der Waals surface area (Å²) in [5.41, 5.74) is 1.80. The highest BCUT2D eigenvalue weighted by molar-refractivity contribution is 5.85. The highest BCUT2D eigenvalue weighted by Crippen LogP contribution is 2.29. The fraction of sp³-hybridized carbons (Fsp3) is 0. The SMILES string of the molecule is c1ccc(-c2nc(Oc3cccnc3)c3ccccc3n2)cc1. The van der Waals surface area contributed by atoms with Gasteiger partial charge in [-0.2, -0.15) is 4.98 Å². The smallest absolute Gasteiger partial charge is 0.230 e. The summed E-state index contributed by atoms with van der Waals surface area (Å²) in [6.07, 6.45) is 3.37. The van der Waals surface area contributed by atoms with Crippen LogP contribution in [-0.4, -0.2) is 15.0 Å². The fourth-order valence-electron chi connectivity index (χ4n) is 2.36. The number of fused-ring (bicyclic) bond motifs is 1. The minimum absolute atomic E-state index is 0.530. The number of hydrogen-bond acceptors (Lipinski definition) is 4. The number of ether oxygens (including phenoxy) is 1. The molecular weight excluding hydrogens is 286 g/mol. The Hall–Kier alpha value is -3.27. The van der Waals surface area contributed by atoms with Gasteiger partial charge < -0.3 is 4.74 Å². The van der Waals surface area contributed by atoms with Gasteiger partial charge in [0.1, 0.15) is 5.75 Å². The standard InChI is InChI=1S/C19H13N3O/c1-2-7-14(8-3-1)18-21-17-11-5-4-10-16(17)19(22-18)23-15-9-6-12-20-13-15/h1-13H. The van der Waals surface area contributed by atoms with Gasteiger partial charge in [0.15, 0.2) is 5.82 Å². The van der Waals surface area contributed by atoms with Crippen molar-refractivity contribution in [2.45, 2.75) is 0 Å². The molecule has 0 saturated heterocycles. The van der Waals surface area contributed by atoms with Gasteiger partial charge in [-0.15, -0.1) is 0 Å². The molecule has 4 rings (SSSR count). The molecule has 110 valence electrons. The van der Waals surface area contributed by atoms with Crippen molar-refractivity contribution in [2.75, 3.05) is 0 Å². The number of pyridine rings is 1. The second-order valence-electron chi connectivity index (χ2n) is 5.03. The Kier molecular flexibility index (Phi) is 3.41. The van der Waals surface area contributed by atoms with Crippen molar-refractivity contribution < 1.29 is 4.74 Å². The molecular formula is C19H13N3O. The highest BCUT2D eigenvalue weighted by atomic mass is 16.5. The van der Waals surface area contributed by atoms with Crippen LogP contribution in [0, 0.1) is 0 Å². The van der Waals surface area contributed by atoms with Crippen LogP contribution in [-0.2, 0) is 0 Å². The summed E-state index contributed by atoms with van der Waals surface area (Å²) >= 11 is 0. The van der Waals surface area contributed by atoms with Gasteiger partial charge in [0.2, 0.25) is 5.88 Å². The molecule has 0 saturated carbocycles. The van der Waals surface area contributed by atoms with Crippen molar-refractivity contribution in [2.24, 2.45) is 0 Å². The van der Waals surface area contributed by atoms with Gasteiger partial charge in [-0.25, -0.2) is 4.98 Å². The van der Waals surface area contributed by atoms with Crippen molar-refractivity contribution in [1.29, 1.82) is 0 Å². The van der Waals surface area contributed by atoms with Gasteiger partial charge in [-0.05, 0) is 24.3 Å². The molecule has 0 amide bonds. The number of para-hydroxylation sites is 1. The second kappa shape index (κ2) is 5.85. The normalized spacial score (nSPS) is 10.6. The highest BCUT2D eigenvalue weighted by Gasteiger charge is 2.11. The van der Waals surface area contributed by atoms with E-state index in [9.17, 15) is 0 Å². The molecule has 4 aromatic rings. The molecule has 0 fully saturated rings. The molecule has 2 aromatic carbocycles. The summed E-state index contributed by atoms with van der Waals surface area (Å²) in [4.78, 5) is 13.3. The largest absolute Gasteiger partial charge is 0.437 e. The van der Waals surface area contributed by atoms with Gasteiger partial charge >= 0.3 is 0 Å². The van der Waals surface area contributed by atoms with Crippen LogP contribution in [0.3, 0.4) is 0 Å². The molecule has 0 atom stereocenters. The summed E-state index contributed by atoms with van der Waals surface area (Å²) in [5.74, 6) is 1.82. The summed E-state index contributed by atoms with van der Waals surface area (Å²) in [5, 5.41) is 0.871. The lowest BCUT2D eigenvalue weighted by atomic mass is 10.2. The van der Waals surface area contributed by atoms with Crippen molar-refractivity contribution in [3.05, 3.63) is 79.1 Å². The maximum atomic E-state index is 5.94. The fourth-order valence-corrected chi connectivity index (χ4v) is 2.36. The summed E-state index contributed by atoms with van der Waals surface area (Å²) in [6.45, 7) is 0. The molecule has 2 aromatic heterocycles. The van der Waals surface area contributed by atoms with E-state index >= 15 is 0 Å². The number of rotatable bonds is 3. The molecule has 0 N–H and O–H groups in total. The van der Waals surface area contributed by atoms with Crippen LogP contribution in [0.25, 0.3) is 22.3 Å². The topological polar surface area (TPSA) is 47.9 Å². The zero-order valence-corrected chi connectivity index (χ0v) is 12.3. The molecule has 0 radical (unpaired) electrons. The third kappa shape index (κ3) is 2.74. The minimum atomic E-state index is 0.530. The number of nitrogens with zero attached hydrogens (tertiary/aromatic N) is 3. The van der Waals surface area contributed by atoms with Crippen LogP contribution < -0.4 is 4.74 Å². The molecule has 4 nitrogen and oxygen atoms in total. The zero-order chi connectivity index (χ0) is 15.5. The molecule has 0 spiro atoms. The van der Waals surface area contributed by atoms with E-state index in [0.717, 1.165) is 16.5 Å². The average Bonchev–Trinajstić information content (AvgIpc) is 2.63. The van der Waals surface area contributed by atoms with Crippen molar-refractivity contribution >= 4 is 10.9 Å². The molecule has 0 aliphatic rings. The first kappa shape index (κ1) is 13.4. The zero-order valence-electron chi connectivity index (χ0n) is 12.3. The quantitative estimate of drug-likeness (QED) is 0.559. The first-order valence-electron chi connectivity index (χ1n) is 7.30. The third-order valence-electron chi connectivity index (χ3n) is 3.45. The molecule has 4 heteroatoms. The van der Waals surface area contributed by atoms with Gasteiger partial charge in [0.05, 0.1) is 17.1 Å². The summed E-state index contributed by atoms with van der Waals surface area (Å²) in [7, 11) is 0. The summed E-state index contributed by atoms with van der Waals surface area (Å²) in [6, 6.07) is 21.4. The molecule has 23 heavy (non-hydrogen) atoms. The van der Waals surface area contributed by atoms with Gasteiger partial charge in [0, 0.05) is 11.8 Å². The molecule has 0 bridgehead atoms. The van der Waals surface area contributed by atoms with E-state index in [1.165, 1.54) is 0 Å². The van der Waals surface area contributed by atoms with E-state index < -0.39 is 0 Å². The van der Waals surface area contributed by atoms with Crippen LogP contribution in [0.2, 0.25) is 0 Å². The number of hydrogen-bond donors (Lipinski definition) is 0. The number of benzene rings is 2. The van der Waals surface area contributed by atoms with E-state index in [-0.39, 0.29) is 0 Å². The van der Waals surface area contributed by atoms with Gasteiger partial charge in [-0.1, -0.05) is 42.5 Å². The first-order valence-corrected chi connectivity index (χ1v) is 7.30. The van der Waals surface area contributed by atoms with E-state index in [1.807, 2.05) is 66.7 Å². The lowest BCUT2D eigenvalue weighted by molar-refractivity contribution is 0.466. The molecule has 2 heterocycles. The van der Waals surface area contributed by atoms with Crippen LogP contribution in [0.4, 0.5) is 0 Å². The average molecular weight is 299 g/mol. The van der Waals surface area contributed by atoms with Crippen LogP contribution in [0.1, 0.15) is 0 Å².